The molecule has 0 amide bonds. The molecule has 0 unspecified atom stereocenters. The van der Waals surface area contributed by atoms with Gasteiger partial charge in [0.25, 0.3) is 5.56 Å². The molecule has 2 aromatic heterocycles. The lowest BCUT2D eigenvalue weighted by atomic mass is 10.1. The third-order valence-corrected chi connectivity index (χ3v) is 4.19. The van der Waals surface area contributed by atoms with Crippen molar-refractivity contribution in [3.8, 4) is 23.0 Å². The summed E-state index contributed by atoms with van der Waals surface area (Å²) in [7, 11) is 0. The molecule has 2 heterocycles. The normalized spacial score (nSPS) is 10.8. The summed E-state index contributed by atoms with van der Waals surface area (Å²) in [4.78, 5) is 19.1. The van der Waals surface area contributed by atoms with Crippen molar-refractivity contribution >= 4 is 12.2 Å². The van der Waals surface area contributed by atoms with Gasteiger partial charge in [-0.3, -0.25) is 9.78 Å². The Morgan fingerprint density at radius 3 is 2.77 bits per heavy atom. The molecule has 0 aliphatic heterocycles. The highest BCUT2D eigenvalue weighted by Gasteiger charge is 2.13. The van der Waals surface area contributed by atoms with Gasteiger partial charge in [-0.15, -0.1) is 0 Å². The Kier molecular flexibility index (Phi) is 5.13. The molecule has 0 fully saturated rings. The van der Waals surface area contributed by atoms with Crippen LogP contribution in [0, 0.1) is 17.1 Å². The number of benzene rings is 2. The molecular weight excluding hydrogens is 385 g/mol. The number of rotatable bonds is 5. The monoisotopic (exact) mass is 399 g/mol. The highest BCUT2D eigenvalue weighted by molar-refractivity contribution is 5.85. The van der Waals surface area contributed by atoms with Gasteiger partial charge < -0.3 is 0 Å². The first-order chi connectivity index (χ1) is 14.7. The van der Waals surface area contributed by atoms with Gasteiger partial charge in [-0.2, -0.15) is 15.5 Å². The maximum atomic E-state index is 13.7. The van der Waals surface area contributed by atoms with Gasteiger partial charge in [0, 0.05) is 23.5 Å². The van der Waals surface area contributed by atoms with E-state index in [2.05, 4.69) is 25.6 Å². The average molecular weight is 399 g/mol. The predicted molar refractivity (Wildman–Crippen MR) is 110 cm³/mol. The quantitative estimate of drug-likeness (QED) is 0.396. The molecule has 4 aromatic rings. The second-order valence-corrected chi connectivity index (χ2v) is 6.14. The number of hydrogen-bond acceptors (Lipinski definition) is 6. The molecule has 2 N–H and O–H groups in total. The summed E-state index contributed by atoms with van der Waals surface area (Å²) in [5.74, 6) is -0.380. The molecule has 0 aliphatic rings. The lowest BCUT2D eigenvalue weighted by molar-refractivity contribution is 0.626. The molecule has 8 nitrogen and oxygen atoms in total. The summed E-state index contributed by atoms with van der Waals surface area (Å²) in [6.45, 7) is 0. The van der Waals surface area contributed by atoms with Crippen LogP contribution in [0.4, 0.5) is 10.3 Å². The van der Waals surface area contributed by atoms with Gasteiger partial charge in [-0.25, -0.2) is 19.5 Å². The first kappa shape index (κ1) is 18.8. The van der Waals surface area contributed by atoms with Crippen molar-refractivity contribution in [2.24, 2.45) is 5.10 Å². The number of nitriles is 1. The first-order valence-electron chi connectivity index (χ1n) is 8.84. The fourth-order valence-corrected chi connectivity index (χ4v) is 2.85. The Hall–Kier alpha value is -4.58. The first-order valence-corrected chi connectivity index (χ1v) is 8.84. The molecule has 0 aliphatic carbocycles. The third kappa shape index (κ3) is 3.83. The molecule has 30 heavy (non-hydrogen) atoms. The molecule has 146 valence electrons. The van der Waals surface area contributed by atoms with Crippen molar-refractivity contribution in [2.45, 2.75) is 0 Å². The topological polar surface area (TPSA) is 112 Å². The highest BCUT2D eigenvalue weighted by atomic mass is 19.1. The van der Waals surface area contributed by atoms with Crippen LogP contribution in [0.5, 0.6) is 0 Å². The molecule has 0 saturated carbocycles. The van der Waals surface area contributed by atoms with E-state index in [1.54, 1.807) is 53.5 Å². The third-order valence-electron chi connectivity index (χ3n) is 4.19. The number of hydrazone groups is 1. The van der Waals surface area contributed by atoms with Crippen molar-refractivity contribution in [1.29, 1.82) is 5.26 Å². The Bertz CT molecular complexity index is 1310. The minimum atomic E-state index is -0.591. The zero-order valence-corrected chi connectivity index (χ0v) is 15.5. The Morgan fingerprint density at radius 1 is 1.20 bits per heavy atom. The molecule has 0 radical (unpaired) electrons. The lowest BCUT2D eigenvalue weighted by Crippen LogP contribution is -2.16. The van der Waals surface area contributed by atoms with Crippen molar-refractivity contribution in [1.82, 2.24) is 19.7 Å². The van der Waals surface area contributed by atoms with Crippen LogP contribution < -0.4 is 11.0 Å². The second kappa shape index (κ2) is 8.20. The van der Waals surface area contributed by atoms with E-state index >= 15 is 0 Å². The van der Waals surface area contributed by atoms with Crippen molar-refractivity contribution in [3.05, 3.63) is 94.3 Å². The largest absolute Gasteiger partial charge is 0.290 e. The molecule has 0 atom stereocenters. The SMILES string of the molecule is N#Cc1c(-c2ccccc2)nc(NN=Cc2cc(F)ccc2-n2cccn2)[nH]c1=O. The number of anilines is 1. The van der Waals surface area contributed by atoms with E-state index in [0.717, 1.165) is 0 Å². The number of halogens is 1. The van der Waals surface area contributed by atoms with Crippen molar-refractivity contribution in [3.63, 3.8) is 0 Å². The minimum absolute atomic E-state index is 0.0474. The zero-order valence-electron chi connectivity index (χ0n) is 15.5. The number of nitrogens with one attached hydrogen (secondary N) is 2. The summed E-state index contributed by atoms with van der Waals surface area (Å²) < 4.78 is 15.3. The van der Waals surface area contributed by atoms with Crippen LogP contribution in [0.2, 0.25) is 0 Å². The standard InChI is InChI=1S/C21H14FN7O/c22-16-7-8-18(29-10-4-9-25-29)15(11-16)13-24-28-21-26-19(14-5-2-1-3-6-14)17(12-23)20(30)27-21/h1-11,13H,(H2,26,27,28,30). The Labute approximate surface area is 170 Å². The highest BCUT2D eigenvalue weighted by Crippen LogP contribution is 2.19. The maximum absolute atomic E-state index is 13.7. The van der Waals surface area contributed by atoms with Crippen LogP contribution in [0.1, 0.15) is 11.1 Å². The van der Waals surface area contributed by atoms with Crippen LogP contribution in [0.3, 0.4) is 0 Å². The van der Waals surface area contributed by atoms with Crippen molar-refractivity contribution in [2.75, 3.05) is 5.43 Å². The Morgan fingerprint density at radius 2 is 2.03 bits per heavy atom. The smallest absolute Gasteiger partial charge is 0.270 e. The fraction of sp³-hybridized carbons (Fsp3) is 0. The predicted octanol–water partition coefficient (Wildman–Crippen LogP) is 3.08. The Balaban J connectivity index is 1.66. The summed E-state index contributed by atoms with van der Waals surface area (Å²) in [5.41, 5.74) is 3.89. The van der Waals surface area contributed by atoms with E-state index < -0.39 is 11.4 Å². The molecule has 9 heteroatoms. The van der Waals surface area contributed by atoms with E-state index in [1.807, 2.05) is 12.1 Å². The van der Waals surface area contributed by atoms with Crippen LogP contribution in [-0.4, -0.2) is 26.0 Å². The minimum Gasteiger partial charge on any atom is -0.290 e. The van der Waals surface area contributed by atoms with E-state index in [-0.39, 0.29) is 17.2 Å². The van der Waals surface area contributed by atoms with E-state index in [9.17, 15) is 14.4 Å². The lowest BCUT2D eigenvalue weighted by Gasteiger charge is -2.07. The molecule has 0 bridgehead atoms. The van der Waals surface area contributed by atoms with Gasteiger partial charge in [0.2, 0.25) is 5.95 Å². The number of nitrogens with zero attached hydrogens (tertiary/aromatic N) is 5. The second-order valence-electron chi connectivity index (χ2n) is 6.14. The maximum Gasteiger partial charge on any atom is 0.270 e. The number of aromatic nitrogens is 4. The fourth-order valence-electron chi connectivity index (χ4n) is 2.85. The summed E-state index contributed by atoms with van der Waals surface area (Å²) in [6, 6.07) is 16.7. The van der Waals surface area contributed by atoms with Gasteiger partial charge in [-0.1, -0.05) is 30.3 Å². The molecular formula is C21H14FN7O. The number of hydrogen-bond donors (Lipinski definition) is 2. The zero-order chi connectivity index (χ0) is 20.9. The van der Waals surface area contributed by atoms with E-state index in [4.69, 9.17) is 0 Å². The van der Waals surface area contributed by atoms with Crippen LogP contribution in [-0.2, 0) is 0 Å². The number of aromatic amines is 1. The van der Waals surface area contributed by atoms with Gasteiger partial charge in [-0.05, 0) is 24.3 Å². The van der Waals surface area contributed by atoms with Gasteiger partial charge in [0.1, 0.15) is 17.4 Å². The van der Waals surface area contributed by atoms with E-state index in [1.165, 1.54) is 18.3 Å². The van der Waals surface area contributed by atoms with Crippen molar-refractivity contribution < 1.29 is 4.39 Å². The summed E-state index contributed by atoms with van der Waals surface area (Å²) in [5, 5.41) is 17.5. The summed E-state index contributed by atoms with van der Waals surface area (Å²) in [6.07, 6.45) is 4.73. The van der Waals surface area contributed by atoms with Gasteiger partial charge in [0.05, 0.1) is 17.6 Å². The van der Waals surface area contributed by atoms with Crippen LogP contribution >= 0.6 is 0 Å². The van der Waals surface area contributed by atoms with E-state index in [0.29, 0.717) is 16.8 Å². The average Bonchev–Trinajstić information content (AvgIpc) is 3.29. The number of H-pyrrole nitrogens is 1. The van der Waals surface area contributed by atoms with Gasteiger partial charge in [0.15, 0.2) is 0 Å². The van der Waals surface area contributed by atoms with Gasteiger partial charge >= 0.3 is 0 Å². The summed E-state index contributed by atoms with van der Waals surface area (Å²) >= 11 is 0. The molecule has 4 rings (SSSR count). The van der Waals surface area contributed by atoms with Crippen LogP contribution in [0.25, 0.3) is 16.9 Å². The molecule has 0 saturated heterocycles. The molecule has 0 spiro atoms. The van der Waals surface area contributed by atoms with Crippen LogP contribution in [0.15, 0.2) is 76.9 Å². The molecule has 2 aromatic carbocycles.